The summed E-state index contributed by atoms with van der Waals surface area (Å²) < 4.78 is 0. The van der Waals surface area contributed by atoms with Crippen molar-refractivity contribution < 1.29 is 0 Å². The Hall–Kier alpha value is -0.480. The summed E-state index contributed by atoms with van der Waals surface area (Å²) in [6, 6.07) is 0. The van der Waals surface area contributed by atoms with E-state index in [-0.39, 0.29) is 5.41 Å². The lowest BCUT2D eigenvalue weighted by Crippen LogP contribution is -2.28. The number of unbranched alkanes of at least 4 members (excludes halogenated alkanes) is 4. The van der Waals surface area contributed by atoms with Crippen LogP contribution in [-0.4, -0.2) is 13.6 Å². The normalized spacial score (nSPS) is 14.1. The molecular weight excluding hydrogens is 182 g/mol. The highest BCUT2D eigenvalue weighted by molar-refractivity contribution is 5.09. The van der Waals surface area contributed by atoms with E-state index in [1.54, 1.807) is 0 Å². The minimum absolute atomic E-state index is 0.176. The van der Waals surface area contributed by atoms with Gasteiger partial charge in [-0.15, -0.1) is 5.92 Å². The first-order valence-corrected chi connectivity index (χ1v) is 6.27. The predicted molar refractivity (Wildman–Crippen MR) is 68.9 cm³/mol. The van der Waals surface area contributed by atoms with Gasteiger partial charge >= 0.3 is 0 Å². The first kappa shape index (κ1) is 14.5. The second-order valence-corrected chi connectivity index (χ2v) is 4.63. The Labute approximate surface area is 96.0 Å². The van der Waals surface area contributed by atoms with Gasteiger partial charge in [0.05, 0.1) is 0 Å². The molecule has 88 valence electrons. The van der Waals surface area contributed by atoms with E-state index >= 15 is 0 Å². The number of hydrogen-bond acceptors (Lipinski definition) is 1. The molecule has 0 aromatic rings. The van der Waals surface area contributed by atoms with Crippen LogP contribution in [0.25, 0.3) is 0 Å². The smallest absolute Gasteiger partial charge is 0.0410 e. The van der Waals surface area contributed by atoms with Crippen molar-refractivity contribution in [1.82, 2.24) is 5.32 Å². The van der Waals surface area contributed by atoms with Crippen LogP contribution in [0.4, 0.5) is 0 Å². The van der Waals surface area contributed by atoms with Crippen LogP contribution < -0.4 is 5.32 Å². The zero-order chi connectivity index (χ0) is 11.6. The van der Waals surface area contributed by atoms with Gasteiger partial charge in [0.2, 0.25) is 0 Å². The van der Waals surface area contributed by atoms with E-state index in [1.807, 2.05) is 14.0 Å². The van der Waals surface area contributed by atoms with E-state index in [0.717, 1.165) is 6.54 Å². The maximum atomic E-state index is 3.34. The van der Waals surface area contributed by atoms with Gasteiger partial charge in [-0.05, 0) is 27.3 Å². The van der Waals surface area contributed by atoms with Crippen LogP contribution in [0, 0.1) is 17.3 Å². The average Bonchev–Trinajstić information content (AvgIpc) is 2.18. The fourth-order valence-corrected chi connectivity index (χ4v) is 2.01. The highest BCUT2D eigenvalue weighted by Gasteiger charge is 2.19. The summed E-state index contributed by atoms with van der Waals surface area (Å²) in [5, 5.41) is 3.24. The molecule has 0 aliphatic carbocycles. The SMILES string of the molecule is CC#CC(C)(CCCCCCC)CNC. The Morgan fingerprint density at radius 2 is 1.80 bits per heavy atom. The van der Waals surface area contributed by atoms with Gasteiger partial charge in [0.25, 0.3) is 0 Å². The molecule has 0 radical (unpaired) electrons. The summed E-state index contributed by atoms with van der Waals surface area (Å²) >= 11 is 0. The van der Waals surface area contributed by atoms with Crippen molar-refractivity contribution in [3.05, 3.63) is 0 Å². The van der Waals surface area contributed by atoms with Gasteiger partial charge < -0.3 is 5.32 Å². The van der Waals surface area contributed by atoms with E-state index < -0.39 is 0 Å². The third-order valence-corrected chi connectivity index (χ3v) is 2.83. The van der Waals surface area contributed by atoms with Crippen molar-refractivity contribution >= 4 is 0 Å². The van der Waals surface area contributed by atoms with Crippen LogP contribution in [0.5, 0.6) is 0 Å². The second kappa shape index (κ2) is 8.80. The molecule has 0 amide bonds. The molecule has 0 aliphatic heterocycles. The molecule has 1 N–H and O–H groups in total. The van der Waals surface area contributed by atoms with Gasteiger partial charge in [-0.1, -0.05) is 44.9 Å². The first-order valence-electron chi connectivity index (χ1n) is 6.27. The quantitative estimate of drug-likeness (QED) is 0.476. The number of rotatable bonds is 8. The zero-order valence-corrected chi connectivity index (χ0v) is 10.9. The number of hydrogen-bond donors (Lipinski definition) is 1. The Kier molecular flexibility index (Phi) is 8.52. The van der Waals surface area contributed by atoms with Gasteiger partial charge in [-0.3, -0.25) is 0 Å². The van der Waals surface area contributed by atoms with Crippen LogP contribution >= 0.6 is 0 Å². The van der Waals surface area contributed by atoms with Gasteiger partial charge in [-0.2, -0.15) is 0 Å². The van der Waals surface area contributed by atoms with Crippen LogP contribution in [0.3, 0.4) is 0 Å². The van der Waals surface area contributed by atoms with Gasteiger partial charge in [-0.25, -0.2) is 0 Å². The topological polar surface area (TPSA) is 12.0 Å². The first-order chi connectivity index (χ1) is 7.18. The third kappa shape index (κ3) is 7.45. The molecule has 0 rings (SSSR count). The molecule has 0 aromatic carbocycles. The molecule has 1 nitrogen and oxygen atoms in total. The maximum Gasteiger partial charge on any atom is 0.0410 e. The van der Waals surface area contributed by atoms with Gasteiger partial charge in [0.1, 0.15) is 0 Å². The molecule has 15 heavy (non-hydrogen) atoms. The molecule has 0 fully saturated rings. The van der Waals surface area contributed by atoms with Crippen molar-refractivity contribution in [3.63, 3.8) is 0 Å². The summed E-state index contributed by atoms with van der Waals surface area (Å²) in [4.78, 5) is 0. The summed E-state index contributed by atoms with van der Waals surface area (Å²) in [7, 11) is 2.01. The molecule has 0 aromatic heterocycles. The van der Waals surface area contributed by atoms with E-state index in [2.05, 4.69) is 31.0 Å². The fourth-order valence-electron chi connectivity index (χ4n) is 2.01. The van der Waals surface area contributed by atoms with Crippen molar-refractivity contribution in [2.45, 2.75) is 59.3 Å². The molecule has 0 saturated heterocycles. The number of nitrogens with one attached hydrogen (secondary N) is 1. The second-order valence-electron chi connectivity index (χ2n) is 4.63. The average molecular weight is 209 g/mol. The Morgan fingerprint density at radius 3 is 2.33 bits per heavy atom. The van der Waals surface area contributed by atoms with Crippen molar-refractivity contribution in [3.8, 4) is 11.8 Å². The zero-order valence-electron chi connectivity index (χ0n) is 10.9. The molecular formula is C14H27N. The molecule has 0 saturated carbocycles. The lowest BCUT2D eigenvalue weighted by Gasteiger charge is -2.23. The lowest BCUT2D eigenvalue weighted by atomic mass is 9.85. The van der Waals surface area contributed by atoms with Crippen LogP contribution in [0.2, 0.25) is 0 Å². The van der Waals surface area contributed by atoms with E-state index in [4.69, 9.17) is 0 Å². The van der Waals surface area contributed by atoms with E-state index in [0.29, 0.717) is 0 Å². The lowest BCUT2D eigenvalue weighted by molar-refractivity contribution is 0.373. The molecule has 0 aliphatic rings. The fraction of sp³-hybridized carbons (Fsp3) is 0.857. The van der Waals surface area contributed by atoms with Crippen molar-refractivity contribution in [2.24, 2.45) is 5.41 Å². The summed E-state index contributed by atoms with van der Waals surface area (Å²) in [6.07, 6.45) is 7.97. The van der Waals surface area contributed by atoms with Crippen LogP contribution in [-0.2, 0) is 0 Å². The highest BCUT2D eigenvalue weighted by Crippen LogP contribution is 2.23. The largest absolute Gasteiger partial charge is 0.318 e. The standard InChI is InChI=1S/C14H27N/c1-5-7-8-9-10-12-14(3,11-6-2)13-15-4/h15H,5,7-10,12-13H2,1-4H3. The monoisotopic (exact) mass is 209 g/mol. The summed E-state index contributed by atoms with van der Waals surface area (Å²) in [6.45, 7) is 7.46. The minimum Gasteiger partial charge on any atom is -0.318 e. The Balaban J connectivity index is 3.79. The van der Waals surface area contributed by atoms with Gasteiger partial charge in [0.15, 0.2) is 0 Å². The predicted octanol–water partition coefficient (Wildman–Crippen LogP) is 3.60. The van der Waals surface area contributed by atoms with Crippen LogP contribution in [0.1, 0.15) is 59.3 Å². The molecule has 0 heterocycles. The highest BCUT2D eigenvalue weighted by atomic mass is 14.8. The molecule has 1 heteroatoms. The van der Waals surface area contributed by atoms with Gasteiger partial charge in [0, 0.05) is 12.0 Å². The van der Waals surface area contributed by atoms with Crippen LogP contribution in [0.15, 0.2) is 0 Å². The molecule has 1 unspecified atom stereocenters. The van der Waals surface area contributed by atoms with E-state index in [1.165, 1.54) is 38.5 Å². The summed E-state index contributed by atoms with van der Waals surface area (Å²) in [5.41, 5.74) is 0.176. The minimum atomic E-state index is 0.176. The third-order valence-electron chi connectivity index (χ3n) is 2.83. The van der Waals surface area contributed by atoms with Crippen molar-refractivity contribution in [1.29, 1.82) is 0 Å². The summed E-state index contributed by atoms with van der Waals surface area (Å²) in [5.74, 6) is 6.39. The van der Waals surface area contributed by atoms with E-state index in [9.17, 15) is 0 Å². The Morgan fingerprint density at radius 1 is 1.13 bits per heavy atom. The Bertz CT molecular complexity index is 199. The maximum absolute atomic E-state index is 3.34. The molecule has 0 bridgehead atoms. The molecule has 1 atom stereocenters. The van der Waals surface area contributed by atoms with Crippen molar-refractivity contribution in [2.75, 3.05) is 13.6 Å². The molecule has 0 spiro atoms.